The molecule has 0 saturated heterocycles. The summed E-state index contributed by atoms with van der Waals surface area (Å²) in [5.74, 6) is 3.44. The first-order chi connectivity index (χ1) is 18.7. The third kappa shape index (κ3) is 2.12. The van der Waals surface area contributed by atoms with Gasteiger partial charge < -0.3 is 4.74 Å². The number of nitrogens with zero attached hydrogens (tertiary/aromatic N) is 3. The first-order valence-corrected chi connectivity index (χ1v) is 13.3. The largest absolute Gasteiger partial charge is 0.448 e. The van der Waals surface area contributed by atoms with Gasteiger partial charge in [0.05, 0.1) is 16.7 Å². The zero-order chi connectivity index (χ0) is 25.2. The monoisotopic (exact) mass is 491 g/mol. The van der Waals surface area contributed by atoms with Crippen molar-refractivity contribution in [3.63, 3.8) is 0 Å². The molecule has 3 aliphatic heterocycles. The highest BCUT2D eigenvalue weighted by Crippen LogP contribution is 2.56. The van der Waals surface area contributed by atoms with E-state index in [1.807, 2.05) is 0 Å². The molecule has 4 heteroatoms. The molecule has 2 aromatic heterocycles. The molecular formula is C34H25N3O+2. The number of pyridine rings is 1. The van der Waals surface area contributed by atoms with Gasteiger partial charge in [0.2, 0.25) is 11.2 Å². The number of aromatic nitrogens is 3. The minimum absolute atomic E-state index is 0.337. The van der Waals surface area contributed by atoms with E-state index in [-0.39, 0.29) is 0 Å². The van der Waals surface area contributed by atoms with Crippen molar-refractivity contribution in [3.8, 4) is 34.1 Å². The SMILES string of the molecule is CC(C)c1ccc2c3c1Oc1cccc4c1[n+]-3c(n4-c1ccccc1)C21c2ccccc2-c2cccc[n+]21. The van der Waals surface area contributed by atoms with Gasteiger partial charge in [0, 0.05) is 17.7 Å². The van der Waals surface area contributed by atoms with Gasteiger partial charge in [-0.15, -0.1) is 0 Å². The highest BCUT2D eigenvalue weighted by molar-refractivity contribution is 5.86. The lowest BCUT2D eigenvalue weighted by atomic mass is 9.82. The van der Waals surface area contributed by atoms with Crippen LogP contribution in [0.5, 0.6) is 11.5 Å². The number of benzene rings is 4. The molecule has 0 bridgehead atoms. The number of hydrogen-bond donors (Lipinski definition) is 0. The smallest absolute Gasteiger partial charge is 0.352 e. The zero-order valence-electron chi connectivity index (χ0n) is 21.2. The maximum Gasteiger partial charge on any atom is 0.352 e. The van der Waals surface area contributed by atoms with Gasteiger partial charge in [-0.1, -0.05) is 62.4 Å². The van der Waals surface area contributed by atoms with Crippen LogP contribution in [0.2, 0.25) is 0 Å². The molecule has 0 N–H and O–H groups in total. The standard InChI is InChI=1S/C34H25N3O/c1-21(2)23-18-19-26-30-32(23)38-29-17-10-16-28-31(29)37(30)33(36(28)22-11-4-3-5-12-22)34(26)25-14-7-6-13-24(25)27-15-8-9-20-35(27)34/h3-21H,1-2H3/q+2. The van der Waals surface area contributed by atoms with Crippen molar-refractivity contribution in [3.05, 3.63) is 132 Å². The molecule has 4 nitrogen and oxygen atoms in total. The minimum atomic E-state index is -0.549. The van der Waals surface area contributed by atoms with Gasteiger partial charge >= 0.3 is 11.4 Å². The lowest BCUT2D eigenvalue weighted by Gasteiger charge is -2.22. The number of ether oxygens (including phenoxy) is 1. The minimum Gasteiger partial charge on any atom is -0.448 e. The molecule has 0 amide bonds. The van der Waals surface area contributed by atoms with E-state index >= 15 is 0 Å². The predicted octanol–water partition coefficient (Wildman–Crippen LogP) is 6.56. The Morgan fingerprint density at radius 3 is 2.45 bits per heavy atom. The molecular weight excluding hydrogens is 466 g/mol. The normalized spacial score (nSPS) is 17.2. The third-order valence-corrected chi connectivity index (χ3v) is 8.63. The van der Waals surface area contributed by atoms with E-state index in [0.717, 1.165) is 28.2 Å². The Morgan fingerprint density at radius 1 is 0.763 bits per heavy atom. The highest BCUT2D eigenvalue weighted by atomic mass is 16.5. The van der Waals surface area contributed by atoms with E-state index in [9.17, 15) is 0 Å². The summed E-state index contributed by atoms with van der Waals surface area (Å²) >= 11 is 0. The number of hydrogen-bond acceptors (Lipinski definition) is 1. The Hall–Kier alpha value is -4.70. The molecule has 6 aromatic rings. The third-order valence-electron chi connectivity index (χ3n) is 8.63. The van der Waals surface area contributed by atoms with Gasteiger partial charge in [-0.3, -0.25) is 0 Å². The summed E-state index contributed by atoms with van der Waals surface area (Å²) in [5, 5.41) is 0. The zero-order valence-corrected chi connectivity index (χ0v) is 21.2. The molecule has 0 radical (unpaired) electrons. The van der Waals surface area contributed by atoms with E-state index in [4.69, 9.17) is 4.74 Å². The quantitative estimate of drug-likeness (QED) is 0.251. The fraction of sp³-hybridized carbons (Fsp3) is 0.118. The second kappa shape index (κ2) is 6.78. The number of rotatable bonds is 2. The van der Waals surface area contributed by atoms with Gasteiger partial charge in [-0.25, -0.2) is 0 Å². The lowest BCUT2D eigenvalue weighted by molar-refractivity contribution is -0.733. The first kappa shape index (κ1) is 20.4. The number of para-hydroxylation sites is 2. The van der Waals surface area contributed by atoms with Crippen molar-refractivity contribution in [2.24, 2.45) is 0 Å². The van der Waals surface area contributed by atoms with Gasteiger partial charge in [0.1, 0.15) is 5.69 Å². The molecule has 0 aliphatic carbocycles. The van der Waals surface area contributed by atoms with Crippen molar-refractivity contribution in [2.75, 3.05) is 0 Å². The van der Waals surface area contributed by atoms with Crippen molar-refractivity contribution in [2.45, 2.75) is 25.3 Å². The van der Waals surface area contributed by atoms with Crippen LogP contribution < -0.4 is 13.9 Å². The Bertz CT molecular complexity index is 1940. The van der Waals surface area contributed by atoms with Gasteiger partial charge in [-0.2, -0.15) is 13.7 Å². The van der Waals surface area contributed by atoms with Gasteiger partial charge in [-0.05, 0) is 48.4 Å². The van der Waals surface area contributed by atoms with Crippen LogP contribution in [-0.2, 0) is 5.54 Å². The fourth-order valence-electron chi connectivity index (χ4n) is 7.20. The molecule has 1 atom stereocenters. The van der Waals surface area contributed by atoms with Crippen molar-refractivity contribution >= 4 is 11.0 Å². The van der Waals surface area contributed by atoms with Crippen molar-refractivity contribution in [1.29, 1.82) is 0 Å². The van der Waals surface area contributed by atoms with Crippen molar-refractivity contribution < 1.29 is 13.9 Å². The fourth-order valence-corrected chi connectivity index (χ4v) is 7.20. The highest BCUT2D eigenvalue weighted by Gasteiger charge is 2.69. The average Bonchev–Trinajstić information content (AvgIpc) is 3.56. The molecule has 180 valence electrons. The van der Waals surface area contributed by atoms with Gasteiger partial charge in [0.15, 0.2) is 28.9 Å². The second-order valence-corrected chi connectivity index (χ2v) is 10.8. The van der Waals surface area contributed by atoms with Crippen LogP contribution >= 0.6 is 0 Å². The number of imidazole rings is 1. The van der Waals surface area contributed by atoms with Crippen LogP contribution in [0.25, 0.3) is 33.7 Å². The molecule has 1 unspecified atom stereocenters. The summed E-state index contributed by atoms with van der Waals surface area (Å²) in [7, 11) is 0. The van der Waals surface area contributed by atoms with Crippen molar-refractivity contribution in [1.82, 2.24) is 4.57 Å². The molecule has 4 aromatic carbocycles. The molecule has 9 rings (SSSR count). The second-order valence-electron chi connectivity index (χ2n) is 10.8. The van der Waals surface area contributed by atoms with E-state index in [0.29, 0.717) is 5.92 Å². The maximum atomic E-state index is 6.84. The molecule has 5 heterocycles. The van der Waals surface area contributed by atoms with E-state index in [1.165, 1.54) is 39.5 Å². The Kier molecular flexibility index (Phi) is 3.64. The summed E-state index contributed by atoms with van der Waals surface area (Å²) in [6.07, 6.45) is 2.25. The van der Waals surface area contributed by atoms with Crippen LogP contribution in [0.1, 0.15) is 42.3 Å². The summed E-state index contributed by atoms with van der Waals surface area (Å²) < 4.78 is 14.3. The Labute approximate surface area is 220 Å². The summed E-state index contributed by atoms with van der Waals surface area (Å²) in [4.78, 5) is 0. The van der Waals surface area contributed by atoms with Gasteiger partial charge in [0.25, 0.3) is 0 Å². The van der Waals surface area contributed by atoms with Crippen LogP contribution in [0.3, 0.4) is 0 Å². The lowest BCUT2D eigenvalue weighted by Crippen LogP contribution is -2.57. The molecule has 3 aliphatic rings. The van der Waals surface area contributed by atoms with E-state index in [1.54, 1.807) is 0 Å². The molecule has 38 heavy (non-hydrogen) atoms. The Balaban J connectivity index is 1.59. The van der Waals surface area contributed by atoms with Crippen LogP contribution in [-0.4, -0.2) is 4.57 Å². The van der Waals surface area contributed by atoms with Crippen LogP contribution in [0, 0.1) is 0 Å². The summed E-state index contributed by atoms with van der Waals surface area (Å²) in [5.41, 5.74) is 10.3. The van der Waals surface area contributed by atoms with E-state index in [2.05, 4.69) is 137 Å². The van der Waals surface area contributed by atoms with E-state index < -0.39 is 5.54 Å². The summed E-state index contributed by atoms with van der Waals surface area (Å²) in [6, 6.07) is 37.3. The Morgan fingerprint density at radius 2 is 1.58 bits per heavy atom. The molecule has 0 saturated carbocycles. The van der Waals surface area contributed by atoms with Crippen LogP contribution in [0.15, 0.2) is 109 Å². The average molecular weight is 492 g/mol. The number of fused-ring (bicyclic) bond motifs is 7. The topological polar surface area (TPSA) is 21.9 Å². The molecule has 1 spiro atoms. The first-order valence-electron chi connectivity index (χ1n) is 13.3. The molecule has 0 fully saturated rings. The van der Waals surface area contributed by atoms with Crippen LogP contribution in [0.4, 0.5) is 0 Å². The predicted molar refractivity (Wildman–Crippen MR) is 146 cm³/mol. The summed E-state index contributed by atoms with van der Waals surface area (Å²) in [6.45, 7) is 4.50. The maximum absolute atomic E-state index is 6.84.